The Kier molecular flexibility index (Phi) is 6.27. The van der Waals surface area contributed by atoms with Gasteiger partial charge < -0.3 is 15.0 Å². The summed E-state index contributed by atoms with van der Waals surface area (Å²) in [6.07, 6.45) is 6.60. The maximum Gasteiger partial charge on any atom is 0.222 e. The second-order valence-corrected chi connectivity index (χ2v) is 9.00. The highest BCUT2D eigenvalue weighted by Crippen LogP contribution is 2.38. The molecule has 1 aliphatic heterocycles. The smallest absolute Gasteiger partial charge is 0.222 e. The molecule has 3 heterocycles. The molecule has 28 heavy (non-hydrogen) atoms. The topological polar surface area (TPSA) is 54.5 Å². The summed E-state index contributed by atoms with van der Waals surface area (Å²) in [7, 11) is 1.79. The van der Waals surface area contributed by atoms with Gasteiger partial charge in [0, 0.05) is 37.7 Å². The van der Waals surface area contributed by atoms with Crippen LogP contribution in [0.5, 0.6) is 0 Å². The van der Waals surface area contributed by atoms with Gasteiger partial charge >= 0.3 is 0 Å². The highest BCUT2D eigenvalue weighted by atomic mass is 32.1. The molecule has 0 bridgehead atoms. The van der Waals surface area contributed by atoms with E-state index in [1.807, 2.05) is 24.4 Å². The Balaban J connectivity index is 1.30. The molecule has 2 fully saturated rings. The lowest BCUT2D eigenvalue weighted by molar-refractivity contribution is -0.130. The third-order valence-electron chi connectivity index (χ3n) is 6.16. The van der Waals surface area contributed by atoms with Crippen LogP contribution in [0.4, 0.5) is 5.82 Å². The minimum Gasteiger partial charge on any atom is -0.379 e. The fraction of sp³-hybridized carbons (Fsp3) is 0.545. The van der Waals surface area contributed by atoms with Crippen LogP contribution in [0.2, 0.25) is 0 Å². The van der Waals surface area contributed by atoms with Crippen LogP contribution < -0.4 is 5.32 Å². The predicted molar refractivity (Wildman–Crippen MR) is 112 cm³/mol. The van der Waals surface area contributed by atoms with Gasteiger partial charge in [0.1, 0.15) is 5.82 Å². The second-order valence-electron chi connectivity index (χ2n) is 7.96. The molecule has 6 heteroatoms. The van der Waals surface area contributed by atoms with Gasteiger partial charge in [-0.05, 0) is 61.1 Å². The Morgan fingerprint density at radius 3 is 2.82 bits per heavy atom. The third kappa shape index (κ3) is 4.55. The summed E-state index contributed by atoms with van der Waals surface area (Å²) in [4.78, 5) is 20.6. The molecule has 1 amide bonds. The van der Waals surface area contributed by atoms with Gasteiger partial charge in [0.25, 0.3) is 0 Å². The minimum atomic E-state index is 0.164. The lowest BCUT2D eigenvalue weighted by Crippen LogP contribution is -2.44. The summed E-state index contributed by atoms with van der Waals surface area (Å²) in [5.74, 6) is 2.31. The van der Waals surface area contributed by atoms with Gasteiger partial charge in [-0.15, -0.1) is 11.3 Å². The summed E-state index contributed by atoms with van der Waals surface area (Å²) in [5, 5.41) is 5.65. The van der Waals surface area contributed by atoms with E-state index in [0.29, 0.717) is 24.2 Å². The van der Waals surface area contributed by atoms with Crippen LogP contribution in [0.25, 0.3) is 0 Å². The van der Waals surface area contributed by atoms with Crippen molar-refractivity contribution in [1.29, 1.82) is 0 Å². The van der Waals surface area contributed by atoms with Crippen molar-refractivity contribution in [3.05, 3.63) is 46.8 Å². The number of aromatic nitrogens is 1. The van der Waals surface area contributed by atoms with E-state index in [1.54, 1.807) is 18.4 Å². The Hall–Kier alpha value is -1.92. The van der Waals surface area contributed by atoms with E-state index in [0.717, 1.165) is 44.6 Å². The van der Waals surface area contributed by atoms with Crippen molar-refractivity contribution >= 4 is 23.1 Å². The van der Waals surface area contributed by atoms with E-state index >= 15 is 0 Å². The number of methoxy groups -OCH3 is 1. The maximum absolute atomic E-state index is 12.7. The molecular weight excluding hydrogens is 370 g/mol. The normalized spacial score (nSPS) is 26.8. The highest BCUT2D eigenvalue weighted by Gasteiger charge is 2.43. The number of hydrogen-bond acceptors (Lipinski definition) is 5. The zero-order valence-corrected chi connectivity index (χ0v) is 17.2. The molecule has 0 unspecified atom stereocenters. The van der Waals surface area contributed by atoms with Gasteiger partial charge in [0.05, 0.1) is 12.1 Å². The van der Waals surface area contributed by atoms with Crippen LogP contribution in [0.1, 0.15) is 30.6 Å². The van der Waals surface area contributed by atoms with Crippen molar-refractivity contribution in [2.75, 3.05) is 25.5 Å². The lowest BCUT2D eigenvalue weighted by atomic mass is 9.77. The van der Waals surface area contributed by atoms with Gasteiger partial charge in [0.2, 0.25) is 5.91 Å². The number of fused-ring (bicyclic) bond motifs is 1. The molecule has 0 radical (unpaired) electrons. The van der Waals surface area contributed by atoms with Gasteiger partial charge in [-0.25, -0.2) is 4.98 Å². The van der Waals surface area contributed by atoms with Crippen LogP contribution in [-0.4, -0.2) is 48.1 Å². The van der Waals surface area contributed by atoms with Gasteiger partial charge in [0.15, 0.2) is 0 Å². The Morgan fingerprint density at radius 2 is 2.11 bits per heavy atom. The minimum absolute atomic E-state index is 0.164. The molecule has 5 nitrogen and oxygen atoms in total. The molecule has 2 aliphatic rings. The SMILES string of the molecule is CO[C@@H]1C[C@H]2CN(C(=O)CCCc3cccs3)C[C@H]2C[C@H]1Nc1ccccn1. The summed E-state index contributed by atoms with van der Waals surface area (Å²) >= 11 is 1.78. The molecule has 0 spiro atoms. The number of ether oxygens (including phenoxy) is 1. The molecule has 2 aromatic rings. The number of nitrogens with one attached hydrogen (secondary N) is 1. The summed E-state index contributed by atoms with van der Waals surface area (Å²) in [5.41, 5.74) is 0. The average Bonchev–Trinajstić information content (AvgIpc) is 3.37. The quantitative estimate of drug-likeness (QED) is 0.769. The standard InChI is InChI=1S/C22H29N3O2S/c1-27-20-13-17-15-25(22(26)9-4-6-18-7-5-11-28-18)14-16(17)12-19(20)24-21-8-2-3-10-23-21/h2-3,5,7-8,10-11,16-17,19-20H,4,6,9,12-15H2,1H3,(H,23,24)/t16-,17+,19-,20-/m1/s1. The number of rotatable bonds is 7. The molecule has 1 saturated heterocycles. The molecule has 1 N–H and O–H groups in total. The molecule has 0 aromatic carbocycles. The fourth-order valence-corrected chi connectivity index (χ4v) is 5.45. The first-order chi connectivity index (χ1) is 13.7. The number of amides is 1. The number of anilines is 1. The molecular formula is C22H29N3O2S. The molecule has 2 aromatic heterocycles. The first-order valence-electron chi connectivity index (χ1n) is 10.2. The molecule has 4 rings (SSSR count). The Bertz CT molecular complexity index is 752. The zero-order chi connectivity index (χ0) is 19.3. The zero-order valence-electron chi connectivity index (χ0n) is 16.4. The number of carbonyl (C=O) groups excluding carboxylic acids is 1. The van der Waals surface area contributed by atoms with Crippen molar-refractivity contribution in [1.82, 2.24) is 9.88 Å². The number of likely N-dealkylation sites (tertiary alicyclic amines) is 1. The van der Waals surface area contributed by atoms with Crippen LogP contribution in [0, 0.1) is 11.8 Å². The number of nitrogens with zero attached hydrogens (tertiary/aromatic N) is 2. The largest absolute Gasteiger partial charge is 0.379 e. The van der Waals surface area contributed by atoms with Crippen molar-refractivity contribution in [3.8, 4) is 0 Å². The Labute approximate surface area is 171 Å². The van der Waals surface area contributed by atoms with E-state index < -0.39 is 0 Å². The van der Waals surface area contributed by atoms with Crippen molar-refractivity contribution < 1.29 is 9.53 Å². The molecule has 4 atom stereocenters. The summed E-state index contributed by atoms with van der Waals surface area (Å²) < 4.78 is 5.79. The van der Waals surface area contributed by atoms with E-state index in [-0.39, 0.29) is 12.1 Å². The lowest BCUT2D eigenvalue weighted by Gasteiger charge is -2.37. The fourth-order valence-electron chi connectivity index (χ4n) is 4.69. The number of carbonyl (C=O) groups is 1. The number of aryl methyl sites for hydroxylation is 1. The summed E-state index contributed by atoms with van der Waals surface area (Å²) in [6.45, 7) is 1.78. The first kappa shape index (κ1) is 19.4. The van der Waals surface area contributed by atoms with E-state index in [2.05, 4.69) is 32.7 Å². The predicted octanol–water partition coefficient (Wildman–Crippen LogP) is 3.83. The van der Waals surface area contributed by atoms with Crippen molar-refractivity contribution in [3.63, 3.8) is 0 Å². The van der Waals surface area contributed by atoms with Crippen molar-refractivity contribution in [2.45, 2.75) is 44.2 Å². The van der Waals surface area contributed by atoms with Crippen LogP contribution in [-0.2, 0) is 16.0 Å². The number of hydrogen-bond donors (Lipinski definition) is 1. The number of pyridine rings is 1. The van der Waals surface area contributed by atoms with Gasteiger partial charge in [-0.1, -0.05) is 12.1 Å². The molecule has 1 saturated carbocycles. The Morgan fingerprint density at radius 1 is 1.25 bits per heavy atom. The first-order valence-corrected chi connectivity index (χ1v) is 11.1. The van der Waals surface area contributed by atoms with Gasteiger partial charge in [-0.3, -0.25) is 4.79 Å². The molecule has 1 aliphatic carbocycles. The van der Waals surface area contributed by atoms with E-state index in [1.165, 1.54) is 4.88 Å². The number of thiophene rings is 1. The van der Waals surface area contributed by atoms with Crippen molar-refractivity contribution in [2.24, 2.45) is 11.8 Å². The van der Waals surface area contributed by atoms with Gasteiger partial charge in [-0.2, -0.15) is 0 Å². The van der Waals surface area contributed by atoms with E-state index in [9.17, 15) is 4.79 Å². The highest BCUT2D eigenvalue weighted by molar-refractivity contribution is 7.09. The van der Waals surface area contributed by atoms with E-state index in [4.69, 9.17) is 4.74 Å². The molecule has 150 valence electrons. The third-order valence-corrected chi connectivity index (χ3v) is 7.10. The second kappa shape index (κ2) is 9.05. The summed E-state index contributed by atoms with van der Waals surface area (Å²) in [6, 6.07) is 10.4. The maximum atomic E-state index is 12.7. The van der Waals surface area contributed by atoms with Crippen LogP contribution >= 0.6 is 11.3 Å². The van der Waals surface area contributed by atoms with Crippen LogP contribution in [0.3, 0.4) is 0 Å². The average molecular weight is 400 g/mol. The van der Waals surface area contributed by atoms with Crippen LogP contribution in [0.15, 0.2) is 41.9 Å². The monoisotopic (exact) mass is 399 g/mol.